The first kappa shape index (κ1) is 14.8. The Morgan fingerprint density at radius 3 is 2.22 bits per heavy atom. The number of methoxy groups -OCH3 is 3. The number of benzene rings is 2. The number of hydrogen-bond donors (Lipinski definition) is 2. The zero-order valence-electron chi connectivity index (χ0n) is 12.7. The lowest BCUT2D eigenvalue weighted by molar-refractivity contribution is 0.321. The highest BCUT2D eigenvalue weighted by atomic mass is 16.5. The lowest BCUT2D eigenvalue weighted by atomic mass is 10.1. The van der Waals surface area contributed by atoms with Crippen LogP contribution in [0.4, 0.5) is 0 Å². The summed E-state index contributed by atoms with van der Waals surface area (Å²) < 4.78 is 21.2. The van der Waals surface area contributed by atoms with Crippen molar-refractivity contribution in [3.8, 4) is 28.7 Å². The Hall–Kier alpha value is -3.09. The molecule has 0 amide bonds. The molecule has 2 N–H and O–H groups in total. The summed E-state index contributed by atoms with van der Waals surface area (Å²) in [4.78, 5) is 12.7. The number of rotatable bonds is 3. The molecule has 0 atom stereocenters. The van der Waals surface area contributed by atoms with Gasteiger partial charge >= 0.3 is 0 Å². The third-order valence-electron chi connectivity index (χ3n) is 3.60. The van der Waals surface area contributed by atoms with Crippen LogP contribution in [0.15, 0.2) is 27.4 Å². The molecule has 3 aromatic rings. The number of para-hydroxylation sites is 1. The monoisotopic (exact) mass is 318 g/mol. The summed E-state index contributed by atoms with van der Waals surface area (Å²) in [7, 11) is 4.08. The van der Waals surface area contributed by atoms with Gasteiger partial charge in [-0.2, -0.15) is 0 Å². The van der Waals surface area contributed by atoms with Crippen LogP contribution in [0.1, 0.15) is 0 Å². The smallest absolute Gasteiger partial charge is 0.211 e. The second-order valence-corrected chi connectivity index (χ2v) is 4.74. The Balaban J connectivity index is 2.65. The molecule has 3 rings (SSSR count). The van der Waals surface area contributed by atoms with Gasteiger partial charge in [0.1, 0.15) is 5.39 Å². The highest BCUT2D eigenvalue weighted by molar-refractivity contribution is 6.00. The molecule has 0 aliphatic carbocycles. The summed E-state index contributed by atoms with van der Waals surface area (Å²) in [6.07, 6.45) is 0. The molecular formula is C16H14O7. The summed E-state index contributed by atoms with van der Waals surface area (Å²) in [6.45, 7) is 0. The van der Waals surface area contributed by atoms with E-state index in [0.29, 0.717) is 5.75 Å². The molecule has 23 heavy (non-hydrogen) atoms. The molecule has 2 aromatic carbocycles. The van der Waals surface area contributed by atoms with E-state index in [0.717, 1.165) is 0 Å². The third kappa shape index (κ3) is 1.93. The number of hydrogen-bond acceptors (Lipinski definition) is 7. The molecule has 1 heterocycles. The van der Waals surface area contributed by atoms with Gasteiger partial charge in [-0.1, -0.05) is 6.07 Å². The van der Waals surface area contributed by atoms with Gasteiger partial charge in [-0.3, -0.25) is 4.79 Å². The van der Waals surface area contributed by atoms with Crippen LogP contribution in [-0.4, -0.2) is 31.5 Å². The van der Waals surface area contributed by atoms with Gasteiger partial charge in [0.05, 0.1) is 26.7 Å². The molecule has 0 bridgehead atoms. The highest BCUT2D eigenvalue weighted by Gasteiger charge is 2.26. The fourth-order valence-electron chi connectivity index (χ4n) is 2.54. The average Bonchev–Trinajstić information content (AvgIpc) is 2.57. The van der Waals surface area contributed by atoms with E-state index in [1.807, 2.05) is 0 Å². The Bertz CT molecular complexity index is 972. The molecule has 7 nitrogen and oxygen atoms in total. The van der Waals surface area contributed by atoms with Crippen LogP contribution in [-0.2, 0) is 0 Å². The van der Waals surface area contributed by atoms with Crippen LogP contribution in [0.2, 0.25) is 0 Å². The molecule has 0 saturated carbocycles. The molecule has 0 radical (unpaired) electrons. The summed E-state index contributed by atoms with van der Waals surface area (Å²) in [5.74, 6) is -0.991. The summed E-state index contributed by atoms with van der Waals surface area (Å²) in [5.41, 5.74) is -0.353. The lowest BCUT2D eigenvalue weighted by Crippen LogP contribution is -2.05. The summed E-state index contributed by atoms with van der Waals surface area (Å²) >= 11 is 0. The maximum absolute atomic E-state index is 12.7. The number of aromatic hydroxyl groups is 2. The van der Waals surface area contributed by atoms with Crippen molar-refractivity contribution >= 4 is 21.9 Å². The topological polar surface area (TPSA) is 98.4 Å². The normalized spacial score (nSPS) is 10.9. The third-order valence-corrected chi connectivity index (χ3v) is 3.60. The van der Waals surface area contributed by atoms with E-state index in [2.05, 4.69) is 0 Å². The lowest BCUT2D eigenvalue weighted by Gasteiger charge is -2.14. The quantitative estimate of drug-likeness (QED) is 0.565. The fraction of sp³-hybridized carbons (Fsp3) is 0.188. The summed E-state index contributed by atoms with van der Waals surface area (Å²) in [6, 6.07) is 4.80. The van der Waals surface area contributed by atoms with Gasteiger partial charge in [-0.05, 0) is 12.1 Å². The first-order valence-electron chi connectivity index (χ1n) is 6.64. The van der Waals surface area contributed by atoms with Gasteiger partial charge in [-0.25, -0.2) is 0 Å². The Morgan fingerprint density at radius 1 is 0.913 bits per heavy atom. The van der Waals surface area contributed by atoms with E-state index in [1.165, 1.54) is 27.4 Å². The SMILES string of the molecule is COc1c(O)c(O)c2c(=O)c3cccc(OC)c3oc2c1OC. The van der Waals surface area contributed by atoms with Gasteiger partial charge in [0.2, 0.25) is 22.7 Å². The van der Waals surface area contributed by atoms with Crippen molar-refractivity contribution in [3.63, 3.8) is 0 Å². The number of phenols is 2. The van der Waals surface area contributed by atoms with E-state index in [9.17, 15) is 15.0 Å². The highest BCUT2D eigenvalue weighted by Crippen LogP contribution is 2.49. The molecule has 0 unspecified atom stereocenters. The minimum atomic E-state index is -0.629. The maximum Gasteiger partial charge on any atom is 0.211 e. The Labute approximate surface area is 130 Å². The number of phenolic OH excluding ortho intramolecular Hbond substituents is 2. The van der Waals surface area contributed by atoms with Gasteiger partial charge in [0, 0.05) is 0 Å². The van der Waals surface area contributed by atoms with Crippen molar-refractivity contribution in [2.75, 3.05) is 21.3 Å². The van der Waals surface area contributed by atoms with Gasteiger partial charge in [0.25, 0.3) is 0 Å². The van der Waals surface area contributed by atoms with Crippen molar-refractivity contribution in [1.29, 1.82) is 0 Å². The zero-order chi connectivity index (χ0) is 16.7. The maximum atomic E-state index is 12.7. The van der Waals surface area contributed by atoms with Crippen molar-refractivity contribution in [2.24, 2.45) is 0 Å². The van der Waals surface area contributed by atoms with Gasteiger partial charge in [0.15, 0.2) is 22.7 Å². The predicted molar refractivity (Wildman–Crippen MR) is 83.0 cm³/mol. The molecule has 7 heteroatoms. The zero-order valence-corrected chi connectivity index (χ0v) is 12.7. The summed E-state index contributed by atoms with van der Waals surface area (Å²) in [5, 5.41) is 20.2. The number of fused-ring (bicyclic) bond motifs is 2. The van der Waals surface area contributed by atoms with Gasteiger partial charge < -0.3 is 28.8 Å². The molecule has 120 valence electrons. The van der Waals surface area contributed by atoms with Crippen LogP contribution in [0.25, 0.3) is 21.9 Å². The minimum Gasteiger partial charge on any atom is -0.504 e. The van der Waals surface area contributed by atoms with Gasteiger partial charge in [-0.15, -0.1) is 0 Å². The van der Waals surface area contributed by atoms with E-state index in [4.69, 9.17) is 18.6 Å². The van der Waals surface area contributed by atoms with Crippen molar-refractivity contribution in [1.82, 2.24) is 0 Å². The Morgan fingerprint density at radius 2 is 1.61 bits per heavy atom. The molecule has 0 aliphatic rings. The standard InChI is InChI=1S/C16H14O7/c1-20-8-6-4-5-7-10(17)9-11(18)12(19)15(21-2)16(22-3)14(9)23-13(7)8/h4-6,18-19H,1-3H3. The van der Waals surface area contributed by atoms with Crippen LogP contribution in [0, 0.1) is 0 Å². The first-order chi connectivity index (χ1) is 11.0. The van der Waals surface area contributed by atoms with Crippen molar-refractivity contribution in [3.05, 3.63) is 28.4 Å². The second kappa shape index (κ2) is 5.28. The van der Waals surface area contributed by atoms with Crippen LogP contribution in [0.5, 0.6) is 28.7 Å². The van der Waals surface area contributed by atoms with E-state index < -0.39 is 16.9 Å². The number of ether oxygens (including phenoxy) is 3. The van der Waals surface area contributed by atoms with Crippen LogP contribution >= 0.6 is 0 Å². The second-order valence-electron chi connectivity index (χ2n) is 4.74. The minimum absolute atomic E-state index is 0.00251. The molecule has 0 fully saturated rings. The molecule has 1 aromatic heterocycles. The van der Waals surface area contributed by atoms with Crippen molar-refractivity contribution in [2.45, 2.75) is 0 Å². The van der Waals surface area contributed by atoms with E-state index in [-0.39, 0.29) is 33.4 Å². The average molecular weight is 318 g/mol. The molecule has 0 saturated heterocycles. The molecule has 0 spiro atoms. The molecule has 0 aliphatic heterocycles. The largest absolute Gasteiger partial charge is 0.504 e. The Kier molecular flexibility index (Phi) is 3.40. The predicted octanol–water partition coefficient (Wildman–Crippen LogP) is 2.38. The van der Waals surface area contributed by atoms with E-state index in [1.54, 1.807) is 12.1 Å². The van der Waals surface area contributed by atoms with Crippen LogP contribution in [0.3, 0.4) is 0 Å². The van der Waals surface area contributed by atoms with Crippen molar-refractivity contribution < 1.29 is 28.8 Å². The van der Waals surface area contributed by atoms with Crippen LogP contribution < -0.4 is 19.6 Å². The van der Waals surface area contributed by atoms with E-state index >= 15 is 0 Å². The fourth-order valence-corrected chi connectivity index (χ4v) is 2.54. The first-order valence-corrected chi connectivity index (χ1v) is 6.64. The molecular weight excluding hydrogens is 304 g/mol.